The van der Waals surface area contributed by atoms with E-state index in [0.717, 1.165) is 12.0 Å². The molecule has 3 aromatic rings. The number of aliphatic hydroxyl groups is 2. The standard InChI is InChI=1S/C26H27ClN4O6.CO2/c1-2-26(35)19(13-36-18(24(33)34)12-16-6-4-3-5-7-16)37-23(21(26)32)31-14-28-20-17(11-10-15-8-9-15)29-25(27)30-22(20)31;2-1-3/h1,3-7,14-15,18-19,21,23,32,35H,8-13H2,(H,33,34);/t18?,19-,21+,23-,26-;/m1./s1. The molecule has 1 unspecified atom stereocenters. The second-order valence-corrected chi connectivity index (χ2v) is 9.95. The van der Waals surface area contributed by atoms with Gasteiger partial charge in [0.05, 0.1) is 18.6 Å². The lowest BCUT2D eigenvalue weighted by molar-refractivity contribution is -0.191. The Bertz CT molecular complexity index is 1420. The lowest BCUT2D eigenvalue weighted by atomic mass is 9.93. The van der Waals surface area contributed by atoms with E-state index in [-0.39, 0.29) is 24.5 Å². The zero-order chi connectivity index (χ0) is 28.9. The topological polar surface area (TPSA) is 174 Å². The molecule has 2 fully saturated rings. The zero-order valence-electron chi connectivity index (χ0n) is 21.2. The lowest BCUT2D eigenvalue weighted by Crippen LogP contribution is -2.48. The summed E-state index contributed by atoms with van der Waals surface area (Å²) in [6.07, 6.45) is 6.30. The molecule has 3 heterocycles. The molecular weight excluding hydrogens is 544 g/mol. The number of carboxylic acids is 1. The van der Waals surface area contributed by atoms with Crippen molar-refractivity contribution in [3.05, 3.63) is 53.2 Å². The van der Waals surface area contributed by atoms with Gasteiger partial charge in [-0.2, -0.15) is 14.6 Å². The number of carbonyl (C=O) groups is 1. The van der Waals surface area contributed by atoms with Crippen molar-refractivity contribution in [1.82, 2.24) is 19.5 Å². The van der Waals surface area contributed by atoms with Crippen LogP contribution in [0.2, 0.25) is 5.28 Å². The quantitative estimate of drug-likeness (QED) is 0.238. The molecule has 13 heteroatoms. The summed E-state index contributed by atoms with van der Waals surface area (Å²) in [6, 6.07) is 9.01. The number of fused-ring (bicyclic) bond motifs is 1. The molecule has 0 radical (unpaired) electrons. The summed E-state index contributed by atoms with van der Waals surface area (Å²) in [7, 11) is 0. The minimum Gasteiger partial charge on any atom is -0.479 e. The second kappa shape index (κ2) is 12.7. The number of carbonyl (C=O) groups excluding carboxylic acids is 2. The molecule has 2 aliphatic rings. The average Bonchev–Trinajstić information content (AvgIpc) is 3.63. The molecule has 1 saturated heterocycles. The van der Waals surface area contributed by atoms with E-state index in [1.807, 2.05) is 6.07 Å². The Labute approximate surface area is 233 Å². The van der Waals surface area contributed by atoms with Gasteiger partial charge in [-0.1, -0.05) is 49.1 Å². The van der Waals surface area contributed by atoms with Crippen LogP contribution in [0.5, 0.6) is 0 Å². The normalized spacial score (nSPS) is 24.5. The number of aliphatic hydroxyl groups excluding tert-OH is 1. The third-order valence-corrected chi connectivity index (χ3v) is 7.13. The first-order valence-corrected chi connectivity index (χ1v) is 12.9. The number of benzene rings is 1. The number of rotatable bonds is 10. The average molecular weight is 571 g/mol. The molecule has 3 N–H and O–H groups in total. The molecule has 5 rings (SSSR count). The van der Waals surface area contributed by atoms with Crippen molar-refractivity contribution in [3.63, 3.8) is 0 Å². The van der Waals surface area contributed by atoms with E-state index >= 15 is 0 Å². The summed E-state index contributed by atoms with van der Waals surface area (Å²) in [5.74, 6) is 1.72. The highest BCUT2D eigenvalue weighted by Crippen LogP contribution is 2.39. The van der Waals surface area contributed by atoms with Crippen LogP contribution in [0.25, 0.3) is 11.2 Å². The highest BCUT2D eigenvalue weighted by Gasteiger charge is 2.56. The van der Waals surface area contributed by atoms with E-state index in [1.54, 1.807) is 24.3 Å². The summed E-state index contributed by atoms with van der Waals surface area (Å²) in [5, 5.41) is 31.8. The van der Waals surface area contributed by atoms with Crippen molar-refractivity contribution in [2.24, 2.45) is 5.92 Å². The molecule has 0 spiro atoms. The van der Waals surface area contributed by atoms with Crippen LogP contribution in [0.4, 0.5) is 0 Å². The summed E-state index contributed by atoms with van der Waals surface area (Å²) in [5.41, 5.74) is 0.182. The van der Waals surface area contributed by atoms with Gasteiger partial charge in [0.15, 0.2) is 23.6 Å². The number of carboxylic acid groups (broad SMARTS) is 1. The van der Waals surface area contributed by atoms with Crippen LogP contribution in [-0.4, -0.2) is 77.5 Å². The van der Waals surface area contributed by atoms with Gasteiger partial charge in [0.25, 0.3) is 0 Å². The third kappa shape index (κ3) is 6.37. The fraction of sp³-hybridized carbons (Fsp3) is 0.444. The van der Waals surface area contributed by atoms with Gasteiger partial charge in [0, 0.05) is 6.42 Å². The van der Waals surface area contributed by atoms with E-state index in [9.17, 15) is 20.1 Å². The largest absolute Gasteiger partial charge is 0.479 e. The molecule has 1 aliphatic heterocycles. The highest BCUT2D eigenvalue weighted by atomic mass is 35.5. The van der Waals surface area contributed by atoms with E-state index in [1.165, 1.54) is 23.7 Å². The van der Waals surface area contributed by atoms with Crippen LogP contribution in [-0.2, 0) is 36.7 Å². The molecule has 210 valence electrons. The molecule has 5 atom stereocenters. The number of imidazole rings is 1. The summed E-state index contributed by atoms with van der Waals surface area (Å²) >= 11 is 6.20. The number of nitrogens with zero attached hydrogens (tertiary/aromatic N) is 4. The van der Waals surface area contributed by atoms with Gasteiger partial charge in [-0.05, 0) is 35.9 Å². The molecule has 1 aliphatic carbocycles. The monoisotopic (exact) mass is 570 g/mol. The van der Waals surface area contributed by atoms with Gasteiger partial charge in [-0.3, -0.25) is 4.57 Å². The Balaban J connectivity index is 0.00000118. The number of aromatic nitrogens is 4. The highest BCUT2D eigenvalue weighted by molar-refractivity contribution is 6.28. The Morgan fingerprint density at radius 1 is 1.27 bits per heavy atom. The third-order valence-electron chi connectivity index (χ3n) is 6.96. The number of aliphatic carboxylic acids is 1. The van der Waals surface area contributed by atoms with Crippen molar-refractivity contribution in [2.75, 3.05) is 6.61 Å². The number of halogens is 1. The van der Waals surface area contributed by atoms with Gasteiger partial charge < -0.3 is 24.8 Å². The Morgan fingerprint density at radius 2 is 1.98 bits per heavy atom. The molecule has 12 nitrogen and oxygen atoms in total. The van der Waals surface area contributed by atoms with Crippen molar-refractivity contribution in [3.8, 4) is 12.3 Å². The molecule has 40 heavy (non-hydrogen) atoms. The lowest BCUT2D eigenvalue weighted by Gasteiger charge is -2.26. The second-order valence-electron chi connectivity index (χ2n) is 9.61. The van der Waals surface area contributed by atoms with Gasteiger partial charge in [0.1, 0.15) is 17.7 Å². The van der Waals surface area contributed by atoms with Gasteiger partial charge >= 0.3 is 12.1 Å². The van der Waals surface area contributed by atoms with E-state index < -0.39 is 36.1 Å². The number of hydrogen-bond acceptors (Lipinski definition) is 10. The summed E-state index contributed by atoms with van der Waals surface area (Å²) < 4.78 is 13.0. The number of ether oxygens (including phenoxy) is 2. The van der Waals surface area contributed by atoms with Crippen molar-refractivity contribution < 1.29 is 39.2 Å². The summed E-state index contributed by atoms with van der Waals surface area (Å²) in [6.45, 7) is -0.368. The minimum atomic E-state index is -2.15. The zero-order valence-corrected chi connectivity index (χ0v) is 22.0. The van der Waals surface area contributed by atoms with Gasteiger partial charge in [-0.15, -0.1) is 6.42 Å². The van der Waals surface area contributed by atoms with Crippen LogP contribution >= 0.6 is 11.6 Å². The number of hydrogen-bond donors (Lipinski definition) is 3. The summed E-state index contributed by atoms with van der Waals surface area (Å²) in [4.78, 5) is 41.1. The van der Waals surface area contributed by atoms with Crippen LogP contribution < -0.4 is 0 Å². The smallest absolute Gasteiger partial charge is 0.373 e. The van der Waals surface area contributed by atoms with Crippen molar-refractivity contribution in [1.29, 1.82) is 0 Å². The number of terminal acetylenes is 1. The van der Waals surface area contributed by atoms with Crippen LogP contribution in [0, 0.1) is 18.3 Å². The molecule has 1 aromatic carbocycles. The SMILES string of the molecule is C#C[C@@]1(O)[C@@H](COC(Cc2ccccc2)C(=O)O)O[C@@H](n2cnc3c(CCC4CC4)nc(Cl)nc32)[C@@H]1O.O=C=O. The Kier molecular flexibility index (Phi) is 9.27. The molecule has 2 aromatic heterocycles. The molecule has 1 saturated carbocycles. The number of aryl methyl sites for hydroxylation is 1. The van der Waals surface area contributed by atoms with Crippen LogP contribution in [0.3, 0.4) is 0 Å². The van der Waals surface area contributed by atoms with E-state index in [4.69, 9.17) is 37.1 Å². The first-order chi connectivity index (χ1) is 19.2. The van der Waals surface area contributed by atoms with Crippen molar-refractivity contribution in [2.45, 2.75) is 62.2 Å². The first kappa shape index (κ1) is 29.3. The predicted octanol–water partition coefficient (Wildman–Crippen LogP) is 1.57. The van der Waals surface area contributed by atoms with Gasteiger partial charge in [-0.25, -0.2) is 14.8 Å². The molecular formula is C27H27ClN4O8. The Hall–Kier alpha value is -3.69. The van der Waals surface area contributed by atoms with E-state index in [2.05, 4.69) is 20.9 Å². The molecule has 0 bridgehead atoms. The maximum atomic E-state index is 11.8. The fourth-order valence-corrected chi connectivity index (χ4v) is 4.80. The molecule has 0 amide bonds. The van der Waals surface area contributed by atoms with Crippen molar-refractivity contribution >= 4 is 34.9 Å². The van der Waals surface area contributed by atoms with Gasteiger partial charge in [0.2, 0.25) is 5.28 Å². The van der Waals surface area contributed by atoms with Crippen LogP contribution in [0.1, 0.15) is 36.7 Å². The maximum absolute atomic E-state index is 11.8. The predicted molar refractivity (Wildman–Crippen MR) is 138 cm³/mol. The minimum absolute atomic E-state index is 0.0323. The maximum Gasteiger partial charge on any atom is 0.373 e. The van der Waals surface area contributed by atoms with Crippen LogP contribution in [0.15, 0.2) is 36.7 Å². The Morgan fingerprint density at radius 3 is 2.60 bits per heavy atom. The van der Waals surface area contributed by atoms with E-state index in [0.29, 0.717) is 29.2 Å². The first-order valence-electron chi connectivity index (χ1n) is 12.5. The fourth-order valence-electron chi connectivity index (χ4n) is 4.62.